The zero-order valence-corrected chi connectivity index (χ0v) is 14.5. The molecule has 1 aliphatic rings. The third kappa shape index (κ3) is 3.82. The quantitative estimate of drug-likeness (QED) is 0.693. The highest BCUT2D eigenvalue weighted by atomic mass is 32.2. The van der Waals surface area contributed by atoms with Crippen molar-refractivity contribution in [2.45, 2.75) is 39.1 Å². The van der Waals surface area contributed by atoms with E-state index in [1.807, 2.05) is 19.9 Å². The molecule has 8 heteroatoms. The molecule has 0 spiro atoms. The van der Waals surface area contributed by atoms with Gasteiger partial charge in [-0.25, -0.2) is 13.8 Å². The Kier molecular flexibility index (Phi) is 5.28. The lowest BCUT2D eigenvalue weighted by molar-refractivity contribution is -0.148. The molecule has 1 aromatic rings. The highest BCUT2D eigenvalue weighted by molar-refractivity contribution is 7.93. The number of hydrogen-bond acceptors (Lipinski definition) is 6. The molecule has 3 atom stereocenters. The SMILES string of the molecule is CCOC(=O)C1C(C)NNC1S(=O)(=O)Nc1ccc(C)c(C)c1. The molecule has 0 radical (unpaired) electrons. The van der Waals surface area contributed by atoms with Gasteiger partial charge < -0.3 is 4.74 Å². The first-order chi connectivity index (χ1) is 10.8. The summed E-state index contributed by atoms with van der Waals surface area (Å²) < 4.78 is 32.8. The third-order valence-corrected chi connectivity index (χ3v) is 5.58. The molecule has 128 valence electrons. The topological polar surface area (TPSA) is 96.5 Å². The second-order valence-electron chi connectivity index (χ2n) is 5.72. The summed E-state index contributed by atoms with van der Waals surface area (Å²) in [5.74, 6) is -1.35. The summed E-state index contributed by atoms with van der Waals surface area (Å²) in [6.45, 7) is 7.50. The van der Waals surface area contributed by atoms with E-state index >= 15 is 0 Å². The smallest absolute Gasteiger partial charge is 0.313 e. The Hall–Kier alpha value is -1.64. The molecule has 0 bridgehead atoms. The van der Waals surface area contributed by atoms with Crippen LogP contribution < -0.4 is 15.6 Å². The number of carbonyl (C=O) groups excluding carboxylic acids is 1. The van der Waals surface area contributed by atoms with E-state index in [2.05, 4.69) is 15.6 Å². The maximum absolute atomic E-state index is 12.6. The number of carbonyl (C=O) groups is 1. The van der Waals surface area contributed by atoms with Crippen molar-refractivity contribution < 1.29 is 17.9 Å². The van der Waals surface area contributed by atoms with Crippen LogP contribution in [-0.2, 0) is 19.6 Å². The van der Waals surface area contributed by atoms with E-state index in [9.17, 15) is 13.2 Å². The minimum absolute atomic E-state index is 0.208. The monoisotopic (exact) mass is 341 g/mol. The van der Waals surface area contributed by atoms with Gasteiger partial charge in [-0.2, -0.15) is 0 Å². The molecule has 0 aromatic heterocycles. The zero-order chi connectivity index (χ0) is 17.2. The lowest BCUT2D eigenvalue weighted by Gasteiger charge is -2.20. The summed E-state index contributed by atoms with van der Waals surface area (Å²) in [5.41, 5.74) is 8.01. The van der Waals surface area contributed by atoms with Crippen LogP contribution in [0.25, 0.3) is 0 Å². The van der Waals surface area contributed by atoms with Gasteiger partial charge in [-0.3, -0.25) is 14.9 Å². The summed E-state index contributed by atoms with van der Waals surface area (Å²) in [7, 11) is -3.81. The van der Waals surface area contributed by atoms with Crippen molar-refractivity contribution in [3.63, 3.8) is 0 Å². The van der Waals surface area contributed by atoms with Gasteiger partial charge in [-0.15, -0.1) is 0 Å². The second-order valence-corrected chi connectivity index (χ2v) is 7.52. The number of ether oxygens (including phenoxy) is 1. The molecule has 3 N–H and O–H groups in total. The molecule has 1 saturated heterocycles. The fourth-order valence-electron chi connectivity index (χ4n) is 2.52. The fourth-order valence-corrected chi connectivity index (χ4v) is 4.06. The van der Waals surface area contributed by atoms with Crippen LogP contribution in [0.5, 0.6) is 0 Å². The third-order valence-electron chi connectivity index (χ3n) is 3.98. The number of sulfonamides is 1. The van der Waals surface area contributed by atoms with Gasteiger partial charge in [0, 0.05) is 11.7 Å². The van der Waals surface area contributed by atoms with Crippen molar-refractivity contribution in [3.05, 3.63) is 29.3 Å². The Bertz CT molecular complexity index is 690. The lowest BCUT2D eigenvalue weighted by Crippen LogP contribution is -2.44. The van der Waals surface area contributed by atoms with Crippen molar-refractivity contribution in [3.8, 4) is 0 Å². The standard InChI is InChI=1S/C15H23N3O4S/c1-5-22-15(19)13-11(4)16-17-14(13)23(20,21)18-12-7-6-9(2)10(3)8-12/h6-8,11,13-14,16-18H,5H2,1-4H3. The van der Waals surface area contributed by atoms with Crippen LogP contribution in [0, 0.1) is 19.8 Å². The Morgan fingerprint density at radius 3 is 2.57 bits per heavy atom. The van der Waals surface area contributed by atoms with Gasteiger partial charge in [0.05, 0.1) is 6.61 Å². The molecule has 0 amide bonds. The molecule has 0 aliphatic carbocycles. The normalized spacial score (nSPS) is 24.4. The molecular formula is C15H23N3O4S. The number of esters is 1. The van der Waals surface area contributed by atoms with Gasteiger partial charge in [0.2, 0.25) is 0 Å². The maximum Gasteiger partial charge on any atom is 0.313 e. The van der Waals surface area contributed by atoms with Gasteiger partial charge in [0.1, 0.15) is 5.92 Å². The van der Waals surface area contributed by atoms with Gasteiger partial charge in [0.25, 0.3) is 10.0 Å². The maximum atomic E-state index is 12.6. The predicted molar refractivity (Wildman–Crippen MR) is 88.1 cm³/mol. The van der Waals surface area contributed by atoms with Crippen molar-refractivity contribution in [2.75, 3.05) is 11.3 Å². The number of hydrogen-bond donors (Lipinski definition) is 3. The van der Waals surface area contributed by atoms with E-state index in [0.29, 0.717) is 5.69 Å². The Morgan fingerprint density at radius 2 is 1.96 bits per heavy atom. The van der Waals surface area contributed by atoms with Gasteiger partial charge in [0.15, 0.2) is 5.37 Å². The molecule has 1 aromatic carbocycles. The van der Waals surface area contributed by atoms with Gasteiger partial charge in [-0.1, -0.05) is 6.07 Å². The second kappa shape index (κ2) is 6.86. The zero-order valence-electron chi connectivity index (χ0n) is 13.7. The average molecular weight is 341 g/mol. The van der Waals surface area contributed by atoms with Crippen molar-refractivity contribution in [2.24, 2.45) is 5.92 Å². The molecular weight excluding hydrogens is 318 g/mol. The Morgan fingerprint density at radius 1 is 1.26 bits per heavy atom. The number of hydrazine groups is 1. The highest BCUT2D eigenvalue weighted by Gasteiger charge is 2.46. The minimum Gasteiger partial charge on any atom is -0.466 e. The van der Waals surface area contributed by atoms with Gasteiger partial charge in [-0.05, 0) is 51.0 Å². The Labute approximate surface area is 136 Å². The number of benzene rings is 1. The van der Waals surface area contributed by atoms with E-state index in [-0.39, 0.29) is 12.6 Å². The van der Waals surface area contributed by atoms with Crippen LogP contribution in [0.1, 0.15) is 25.0 Å². The van der Waals surface area contributed by atoms with Crippen molar-refractivity contribution in [1.29, 1.82) is 0 Å². The van der Waals surface area contributed by atoms with E-state index in [0.717, 1.165) is 11.1 Å². The molecule has 0 saturated carbocycles. The molecule has 1 aliphatic heterocycles. The summed E-state index contributed by atoms with van der Waals surface area (Å²) >= 11 is 0. The summed E-state index contributed by atoms with van der Waals surface area (Å²) in [5, 5.41) is -1.10. The summed E-state index contributed by atoms with van der Waals surface area (Å²) in [6, 6.07) is 4.96. The first kappa shape index (κ1) is 17.7. The molecule has 1 fully saturated rings. The predicted octanol–water partition coefficient (Wildman–Crippen LogP) is 1.05. The van der Waals surface area contributed by atoms with Gasteiger partial charge >= 0.3 is 5.97 Å². The van der Waals surface area contributed by atoms with Crippen LogP contribution in [0.3, 0.4) is 0 Å². The molecule has 3 unspecified atom stereocenters. The van der Waals surface area contributed by atoms with Crippen molar-refractivity contribution in [1.82, 2.24) is 10.9 Å². The Balaban J connectivity index is 2.23. The van der Waals surface area contributed by atoms with E-state index in [4.69, 9.17) is 4.74 Å². The molecule has 7 nitrogen and oxygen atoms in total. The first-order valence-corrected chi connectivity index (χ1v) is 9.07. The van der Waals surface area contributed by atoms with Crippen LogP contribution in [0.15, 0.2) is 18.2 Å². The number of aryl methyl sites for hydroxylation is 2. The number of nitrogens with one attached hydrogen (secondary N) is 3. The van der Waals surface area contributed by atoms with E-state index < -0.39 is 27.3 Å². The van der Waals surface area contributed by atoms with Crippen molar-refractivity contribution >= 4 is 21.7 Å². The average Bonchev–Trinajstić information content (AvgIpc) is 2.85. The summed E-state index contributed by atoms with van der Waals surface area (Å²) in [4.78, 5) is 12.1. The molecule has 2 rings (SSSR count). The lowest BCUT2D eigenvalue weighted by atomic mass is 10.0. The summed E-state index contributed by atoms with van der Waals surface area (Å²) in [6.07, 6.45) is 0. The number of anilines is 1. The van der Waals surface area contributed by atoms with E-state index in [1.54, 1.807) is 26.0 Å². The highest BCUT2D eigenvalue weighted by Crippen LogP contribution is 2.24. The fraction of sp³-hybridized carbons (Fsp3) is 0.533. The van der Waals surface area contributed by atoms with Crippen LogP contribution in [0.4, 0.5) is 5.69 Å². The minimum atomic E-state index is -3.81. The first-order valence-electron chi connectivity index (χ1n) is 7.53. The number of rotatable bonds is 5. The van der Waals surface area contributed by atoms with Crippen LogP contribution >= 0.6 is 0 Å². The van der Waals surface area contributed by atoms with E-state index in [1.165, 1.54) is 0 Å². The molecule has 1 heterocycles. The van der Waals surface area contributed by atoms with Crippen LogP contribution in [-0.4, -0.2) is 32.4 Å². The van der Waals surface area contributed by atoms with Crippen LogP contribution in [0.2, 0.25) is 0 Å². The molecule has 23 heavy (non-hydrogen) atoms. The largest absolute Gasteiger partial charge is 0.466 e.